The molecule has 0 bridgehead atoms. The molecule has 2 amide bonds. The van der Waals surface area contributed by atoms with Crippen LogP contribution >= 0.6 is 0 Å². The molecule has 6 nitrogen and oxygen atoms in total. The Kier molecular flexibility index (Phi) is 6.42. The van der Waals surface area contributed by atoms with Crippen molar-refractivity contribution in [1.82, 2.24) is 9.47 Å². The quantitative estimate of drug-likeness (QED) is 0.343. The SMILES string of the molecule is COc1ccc(OC)c(NC(=O)N2Cc3ccccc3-n3cccc3[C@H]2c2ccc(C(C)C)cc2)c1. The van der Waals surface area contributed by atoms with Gasteiger partial charge >= 0.3 is 6.03 Å². The molecule has 0 radical (unpaired) electrons. The molecule has 0 fully saturated rings. The fourth-order valence-electron chi connectivity index (χ4n) is 4.85. The molecule has 3 aromatic carbocycles. The number of nitrogens with one attached hydrogen (secondary N) is 1. The number of hydrogen-bond donors (Lipinski definition) is 1. The summed E-state index contributed by atoms with van der Waals surface area (Å²) in [4.78, 5) is 15.9. The molecular weight excluding hydrogens is 450 g/mol. The molecule has 1 aromatic heterocycles. The van der Waals surface area contributed by atoms with Crippen molar-refractivity contribution in [1.29, 1.82) is 0 Å². The average molecular weight is 482 g/mol. The fraction of sp³-hybridized carbons (Fsp3) is 0.233. The number of para-hydroxylation sites is 1. The summed E-state index contributed by atoms with van der Waals surface area (Å²) in [6.07, 6.45) is 2.07. The standard InChI is InChI=1S/C30H31N3O3/c1-20(2)21-11-13-22(14-12-21)29-27-10-7-17-32(27)26-9-6-5-8-23(26)19-33(29)30(34)31-25-18-24(35-3)15-16-28(25)36-4/h5-18,20,29H,19H2,1-4H3,(H,31,34)/t29-/m1/s1. The number of hydrogen-bond acceptors (Lipinski definition) is 3. The van der Waals surface area contributed by atoms with Crippen LogP contribution in [0.3, 0.4) is 0 Å². The Morgan fingerprint density at radius 2 is 1.72 bits per heavy atom. The second-order valence-corrected chi connectivity index (χ2v) is 9.28. The summed E-state index contributed by atoms with van der Waals surface area (Å²) < 4.78 is 13.1. The third kappa shape index (κ3) is 4.31. The third-order valence-electron chi connectivity index (χ3n) is 6.79. The number of nitrogens with zero attached hydrogens (tertiary/aromatic N) is 2. The Bertz CT molecular complexity index is 1370. The highest BCUT2D eigenvalue weighted by atomic mass is 16.5. The monoisotopic (exact) mass is 481 g/mol. The molecule has 6 heteroatoms. The molecular formula is C30H31N3O3. The van der Waals surface area contributed by atoms with E-state index in [1.165, 1.54) is 5.56 Å². The Labute approximate surface area is 212 Å². The van der Waals surface area contributed by atoms with E-state index in [9.17, 15) is 4.79 Å². The number of anilines is 1. The highest BCUT2D eigenvalue weighted by molar-refractivity contribution is 5.92. The molecule has 1 aliphatic heterocycles. The normalized spacial score (nSPS) is 14.6. The lowest BCUT2D eigenvalue weighted by atomic mass is 9.97. The Balaban J connectivity index is 1.61. The third-order valence-corrected chi connectivity index (χ3v) is 6.79. The zero-order valence-electron chi connectivity index (χ0n) is 21.1. The van der Waals surface area contributed by atoms with Crippen LogP contribution in [0.1, 0.15) is 48.2 Å². The number of fused-ring (bicyclic) bond motifs is 3. The Morgan fingerprint density at radius 1 is 0.944 bits per heavy atom. The average Bonchev–Trinajstić information content (AvgIpc) is 3.33. The summed E-state index contributed by atoms with van der Waals surface area (Å²) in [5.74, 6) is 1.64. The van der Waals surface area contributed by atoms with Crippen LogP contribution in [0.15, 0.2) is 85.1 Å². The van der Waals surface area contributed by atoms with Gasteiger partial charge in [0.25, 0.3) is 0 Å². The van der Waals surface area contributed by atoms with Gasteiger partial charge in [-0.3, -0.25) is 0 Å². The molecule has 184 valence electrons. The lowest BCUT2D eigenvalue weighted by molar-refractivity contribution is 0.194. The van der Waals surface area contributed by atoms with Gasteiger partial charge in [-0.15, -0.1) is 0 Å². The molecule has 2 heterocycles. The van der Waals surface area contributed by atoms with Gasteiger partial charge in [0.15, 0.2) is 0 Å². The minimum Gasteiger partial charge on any atom is -0.497 e. The molecule has 0 aliphatic carbocycles. The lowest BCUT2D eigenvalue weighted by Crippen LogP contribution is -2.38. The van der Waals surface area contributed by atoms with Crippen molar-refractivity contribution in [2.24, 2.45) is 0 Å². The molecule has 1 atom stereocenters. The van der Waals surface area contributed by atoms with E-state index in [0.29, 0.717) is 29.6 Å². The molecule has 1 aliphatic rings. The zero-order valence-corrected chi connectivity index (χ0v) is 21.1. The predicted molar refractivity (Wildman–Crippen MR) is 142 cm³/mol. The minimum atomic E-state index is -0.287. The van der Waals surface area contributed by atoms with Crippen LogP contribution < -0.4 is 14.8 Å². The van der Waals surface area contributed by atoms with Crippen molar-refractivity contribution in [3.05, 3.63) is 107 Å². The summed E-state index contributed by atoms with van der Waals surface area (Å²) >= 11 is 0. The highest BCUT2D eigenvalue weighted by Gasteiger charge is 2.33. The van der Waals surface area contributed by atoms with Crippen molar-refractivity contribution < 1.29 is 14.3 Å². The lowest BCUT2D eigenvalue weighted by Gasteiger charge is -2.31. The first-order valence-electron chi connectivity index (χ1n) is 12.1. The molecule has 1 N–H and O–H groups in total. The van der Waals surface area contributed by atoms with Crippen LogP contribution in [-0.2, 0) is 6.54 Å². The summed E-state index contributed by atoms with van der Waals surface area (Å²) in [6.45, 7) is 4.82. The molecule has 0 saturated heterocycles. The van der Waals surface area contributed by atoms with Crippen LogP contribution in [0.4, 0.5) is 10.5 Å². The van der Waals surface area contributed by atoms with Gasteiger partial charge in [-0.25, -0.2) is 4.79 Å². The van der Waals surface area contributed by atoms with Crippen LogP contribution in [0.25, 0.3) is 5.69 Å². The first-order valence-corrected chi connectivity index (χ1v) is 12.1. The minimum absolute atomic E-state index is 0.219. The van der Waals surface area contributed by atoms with E-state index < -0.39 is 0 Å². The van der Waals surface area contributed by atoms with E-state index in [4.69, 9.17) is 9.47 Å². The number of aromatic nitrogens is 1. The Hall–Kier alpha value is -4.19. The number of urea groups is 1. The van der Waals surface area contributed by atoms with Crippen LogP contribution in [0, 0.1) is 0 Å². The second kappa shape index (κ2) is 9.82. The maximum absolute atomic E-state index is 14.0. The van der Waals surface area contributed by atoms with E-state index in [1.54, 1.807) is 26.4 Å². The van der Waals surface area contributed by atoms with Crippen molar-refractivity contribution in [3.63, 3.8) is 0 Å². The maximum atomic E-state index is 14.0. The summed E-state index contributed by atoms with van der Waals surface area (Å²) in [5.41, 5.74) is 6.07. The first kappa shape index (κ1) is 23.5. The van der Waals surface area contributed by atoms with E-state index in [-0.39, 0.29) is 12.1 Å². The summed E-state index contributed by atoms with van der Waals surface area (Å²) in [7, 11) is 3.19. The largest absolute Gasteiger partial charge is 0.497 e. The van der Waals surface area contributed by atoms with E-state index in [1.807, 2.05) is 29.2 Å². The van der Waals surface area contributed by atoms with Gasteiger partial charge in [0.2, 0.25) is 0 Å². The number of benzene rings is 3. The van der Waals surface area contributed by atoms with Crippen LogP contribution in [-0.4, -0.2) is 29.7 Å². The van der Waals surface area contributed by atoms with Gasteiger partial charge in [0, 0.05) is 18.0 Å². The maximum Gasteiger partial charge on any atom is 0.323 e. The smallest absolute Gasteiger partial charge is 0.323 e. The number of methoxy groups -OCH3 is 2. The van der Waals surface area contributed by atoms with E-state index in [0.717, 1.165) is 22.5 Å². The van der Waals surface area contributed by atoms with Gasteiger partial charge in [-0.05, 0) is 52.9 Å². The number of carbonyl (C=O) groups is 1. The summed E-state index contributed by atoms with van der Waals surface area (Å²) in [6, 6.07) is 25.8. The van der Waals surface area contributed by atoms with Gasteiger partial charge in [0.1, 0.15) is 11.5 Å². The van der Waals surface area contributed by atoms with Crippen molar-refractivity contribution >= 4 is 11.7 Å². The fourth-order valence-corrected chi connectivity index (χ4v) is 4.85. The van der Waals surface area contributed by atoms with Crippen molar-refractivity contribution in [2.45, 2.75) is 32.4 Å². The van der Waals surface area contributed by atoms with Crippen molar-refractivity contribution in [3.8, 4) is 17.2 Å². The van der Waals surface area contributed by atoms with E-state index >= 15 is 0 Å². The van der Waals surface area contributed by atoms with Crippen LogP contribution in [0.5, 0.6) is 11.5 Å². The summed E-state index contributed by atoms with van der Waals surface area (Å²) in [5, 5.41) is 3.09. The van der Waals surface area contributed by atoms with Crippen LogP contribution in [0.2, 0.25) is 0 Å². The topological polar surface area (TPSA) is 55.7 Å². The predicted octanol–water partition coefficient (Wildman–Crippen LogP) is 6.76. The zero-order chi connectivity index (χ0) is 25.2. The van der Waals surface area contributed by atoms with Gasteiger partial charge in [0.05, 0.1) is 38.2 Å². The number of amides is 2. The first-order chi connectivity index (χ1) is 17.5. The molecule has 36 heavy (non-hydrogen) atoms. The number of rotatable bonds is 5. The molecule has 0 unspecified atom stereocenters. The highest BCUT2D eigenvalue weighted by Crippen LogP contribution is 2.38. The van der Waals surface area contributed by atoms with E-state index in [2.05, 4.69) is 72.4 Å². The molecule has 0 saturated carbocycles. The number of ether oxygens (including phenoxy) is 2. The van der Waals surface area contributed by atoms with Gasteiger partial charge in [-0.2, -0.15) is 0 Å². The molecule has 4 aromatic rings. The molecule has 0 spiro atoms. The van der Waals surface area contributed by atoms with Crippen molar-refractivity contribution in [2.75, 3.05) is 19.5 Å². The number of carbonyl (C=O) groups excluding carboxylic acids is 1. The van der Waals surface area contributed by atoms with Gasteiger partial charge < -0.3 is 24.3 Å². The Morgan fingerprint density at radius 3 is 2.44 bits per heavy atom. The molecule has 5 rings (SSSR count). The second-order valence-electron chi connectivity index (χ2n) is 9.28. The van der Waals surface area contributed by atoms with Gasteiger partial charge in [-0.1, -0.05) is 56.3 Å².